The quantitative estimate of drug-likeness (QED) is 0.656. The summed E-state index contributed by atoms with van der Waals surface area (Å²) in [5.74, 6) is -0.366. The third kappa shape index (κ3) is 2.47. The van der Waals surface area contributed by atoms with Crippen molar-refractivity contribution in [3.8, 4) is 0 Å². The summed E-state index contributed by atoms with van der Waals surface area (Å²) in [6, 6.07) is -0.617. The molecule has 1 saturated heterocycles. The molecule has 2 unspecified atom stereocenters. The zero-order valence-corrected chi connectivity index (χ0v) is 9.45. The molecule has 1 amide bonds. The van der Waals surface area contributed by atoms with Gasteiger partial charge in [0.1, 0.15) is 6.04 Å². The van der Waals surface area contributed by atoms with Gasteiger partial charge in [-0.05, 0) is 19.9 Å². The Kier molecular flexibility index (Phi) is 4.08. The molecule has 1 aliphatic rings. The normalized spacial score (nSPS) is 23.0. The number of carbonyl (C=O) groups is 2. The second kappa shape index (κ2) is 5.11. The van der Waals surface area contributed by atoms with E-state index in [0.29, 0.717) is 6.54 Å². The van der Waals surface area contributed by atoms with Crippen LogP contribution in [0.1, 0.15) is 20.3 Å². The van der Waals surface area contributed by atoms with Gasteiger partial charge in [0, 0.05) is 6.54 Å². The number of likely N-dealkylation sites (N-methyl/N-ethyl adjacent to an activating group) is 1. The Morgan fingerprint density at radius 1 is 1.73 bits per heavy atom. The molecule has 2 atom stereocenters. The molecule has 5 nitrogen and oxygen atoms in total. The van der Waals surface area contributed by atoms with Crippen LogP contribution >= 0.6 is 0 Å². The summed E-state index contributed by atoms with van der Waals surface area (Å²) in [6.07, 6.45) is 0.758. The molecule has 0 aromatic carbocycles. The third-order valence-electron chi connectivity index (χ3n) is 2.70. The second-order valence-electron chi connectivity index (χ2n) is 3.63. The molecule has 1 N–H and O–H groups in total. The summed E-state index contributed by atoms with van der Waals surface area (Å²) in [5.41, 5.74) is 0. The van der Waals surface area contributed by atoms with E-state index in [4.69, 9.17) is 0 Å². The van der Waals surface area contributed by atoms with E-state index in [2.05, 4.69) is 10.1 Å². The van der Waals surface area contributed by atoms with Crippen LogP contribution in [0.5, 0.6) is 0 Å². The Bertz CT molecular complexity index is 255. The predicted molar refractivity (Wildman–Crippen MR) is 55.3 cm³/mol. The fourth-order valence-corrected chi connectivity index (χ4v) is 1.82. The van der Waals surface area contributed by atoms with Crippen molar-refractivity contribution >= 4 is 11.9 Å². The molecule has 0 spiro atoms. The molecule has 15 heavy (non-hydrogen) atoms. The summed E-state index contributed by atoms with van der Waals surface area (Å²) in [4.78, 5) is 24.7. The molecule has 1 rings (SSSR count). The minimum Gasteiger partial charge on any atom is -0.467 e. The van der Waals surface area contributed by atoms with Gasteiger partial charge in [-0.25, -0.2) is 4.79 Å². The minimum atomic E-state index is -0.480. The molecular formula is C10H18N2O3. The Hall–Kier alpha value is -1.10. The molecule has 1 heterocycles. The molecule has 1 aliphatic heterocycles. The molecular weight excluding hydrogens is 196 g/mol. The first kappa shape index (κ1) is 12.0. The number of rotatable bonds is 4. The first-order valence-corrected chi connectivity index (χ1v) is 5.23. The van der Waals surface area contributed by atoms with Crippen LogP contribution in [0.2, 0.25) is 0 Å². The fourth-order valence-electron chi connectivity index (χ4n) is 1.82. The van der Waals surface area contributed by atoms with Crippen molar-refractivity contribution in [3.63, 3.8) is 0 Å². The van der Waals surface area contributed by atoms with Gasteiger partial charge in [0.05, 0.1) is 13.2 Å². The third-order valence-corrected chi connectivity index (χ3v) is 2.70. The van der Waals surface area contributed by atoms with Crippen LogP contribution in [-0.4, -0.2) is 49.1 Å². The van der Waals surface area contributed by atoms with E-state index in [1.807, 2.05) is 6.92 Å². The fraction of sp³-hybridized carbons (Fsp3) is 0.800. The largest absolute Gasteiger partial charge is 0.467 e. The van der Waals surface area contributed by atoms with E-state index in [-0.39, 0.29) is 17.9 Å². The number of esters is 1. The molecule has 0 bridgehead atoms. The van der Waals surface area contributed by atoms with Crippen molar-refractivity contribution in [2.24, 2.45) is 0 Å². The average molecular weight is 214 g/mol. The van der Waals surface area contributed by atoms with E-state index in [9.17, 15) is 9.59 Å². The van der Waals surface area contributed by atoms with Crippen LogP contribution in [-0.2, 0) is 14.3 Å². The van der Waals surface area contributed by atoms with Crippen molar-refractivity contribution < 1.29 is 14.3 Å². The highest BCUT2D eigenvalue weighted by Gasteiger charge is 2.36. The Balaban J connectivity index is 2.59. The van der Waals surface area contributed by atoms with Crippen LogP contribution in [0, 0.1) is 0 Å². The van der Waals surface area contributed by atoms with Gasteiger partial charge in [-0.1, -0.05) is 6.92 Å². The minimum absolute atomic E-state index is 0.00486. The summed E-state index contributed by atoms with van der Waals surface area (Å²) in [5, 5.41) is 3.09. The number of nitrogens with zero attached hydrogens (tertiary/aromatic N) is 1. The number of nitrogens with one attached hydrogen (secondary N) is 1. The second-order valence-corrected chi connectivity index (χ2v) is 3.63. The van der Waals surface area contributed by atoms with Gasteiger partial charge >= 0.3 is 5.97 Å². The molecule has 1 fully saturated rings. The smallest absolute Gasteiger partial charge is 0.328 e. The lowest BCUT2D eigenvalue weighted by molar-refractivity contribution is -0.150. The standard InChI is InChI=1S/C10H18N2O3/c1-4-11-8-5-6-12(9(8)13)7(2)10(14)15-3/h7-8,11H,4-6H2,1-3H3. The van der Waals surface area contributed by atoms with E-state index >= 15 is 0 Å². The highest BCUT2D eigenvalue weighted by atomic mass is 16.5. The maximum absolute atomic E-state index is 11.8. The Labute approximate surface area is 89.8 Å². The van der Waals surface area contributed by atoms with Gasteiger partial charge < -0.3 is 15.0 Å². The summed E-state index contributed by atoms with van der Waals surface area (Å²) in [6.45, 7) is 5.03. The lowest BCUT2D eigenvalue weighted by Crippen LogP contribution is -2.45. The number of ether oxygens (including phenoxy) is 1. The Morgan fingerprint density at radius 2 is 2.40 bits per heavy atom. The van der Waals surface area contributed by atoms with Crippen LogP contribution in [0.25, 0.3) is 0 Å². The first-order chi connectivity index (χ1) is 7.11. The zero-order chi connectivity index (χ0) is 11.4. The number of hydrogen-bond acceptors (Lipinski definition) is 4. The van der Waals surface area contributed by atoms with Crippen LogP contribution in [0.15, 0.2) is 0 Å². The summed E-state index contributed by atoms with van der Waals surface area (Å²) < 4.78 is 4.61. The maximum atomic E-state index is 11.8. The predicted octanol–water partition coefficient (Wildman–Crippen LogP) is -0.242. The van der Waals surface area contributed by atoms with Crippen molar-refractivity contribution in [2.75, 3.05) is 20.2 Å². The summed E-state index contributed by atoms with van der Waals surface area (Å²) >= 11 is 0. The lowest BCUT2D eigenvalue weighted by Gasteiger charge is -2.22. The lowest BCUT2D eigenvalue weighted by atomic mass is 10.2. The van der Waals surface area contributed by atoms with E-state index in [0.717, 1.165) is 13.0 Å². The van der Waals surface area contributed by atoms with Gasteiger partial charge in [-0.2, -0.15) is 0 Å². The van der Waals surface area contributed by atoms with Gasteiger partial charge in [0.25, 0.3) is 0 Å². The van der Waals surface area contributed by atoms with E-state index in [1.54, 1.807) is 11.8 Å². The highest BCUT2D eigenvalue weighted by Crippen LogP contribution is 2.15. The zero-order valence-electron chi connectivity index (χ0n) is 9.45. The molecule has 5 heteroatoms. The Morgan fingerprint density at radius 3 is 2.93 bits per heavy atom. The molecule has 0 saturated carbocycles. The highest BCUT2D eigenvalue weighted by molar-refractivity contribution is 5.89. The topological polar surface area (TPSA) is 58.6 Å². The average Bonchev–Trinajstić information content (AvgIpc) is 2.59. The monoisotopic (exact) mass is 214 g/mol. The molecule has 0 radical (unpaired) electrons. The maximum Gasteiger partial charge on any atom is 0.328 e. The summed E-state index contributed by atoms with van der Waals surface area (Å²) in [7, 11) is 1.33. The van der Waals surface area contributed by atoms with E-state index < -0.39 is 6.04 Å². The van der Waals surface area contributed by atoms with Crippen molar-refractivity contribution in [1.29, 1.82) is 0 Å². The van der Waals surface area contributed by atoms with E-state index in [1.165, 1.54) is 7.11 Å². The number of amides is 1. The number of hydrogen-bond donors (Lipinski definition) is 1. The van der Waals surface area contributed by atoms with Gasteiger partial charge in [0.15, 0.2) is 0 Å². The van der Waals surface area contributed by atoms with Gasteiger partial charge in [-0.3, -0.25) is 4.79 Å². The number of likely N-dealkylation sites (tertiary alicyclic amines) is 1. The van der Waals surface area contributed by atoms with Crippen LogP contribution in [0.3, 0.4) is 0 Å². The number of carbonyl (C=O) groups excluding carboxylic acids is 2. The van der Waals surface area contributed by atoms with Crippen LogP contribution < -0.4 is 5.32 Å². The van der Waals surface area contributed by atoms with Gasteiger partial charge in [0.2, 0.25) is 5.91 Å². The van der Waals surface area contributed by atoms with Crippen molar-refractivity contribution in [2.45, 2.75) is 32.4 Å². The van der Waals surface area contributed by atoms with Crippen LogP contribution in [0.4, 0.5) is 0 Å². The molecule has 0 aromatic rings. The van der Waals surface area contributed by atoms with Gasteiger partial charge in [-0.15, -0.1) is 0 Å². The van der Waals surface area contributed by atoms with Crippen molar-refractivity contribution in [3.05, 3.63) is 0 Å². The van der Waals surface area contributed by atoms with Crippen molar-refractivity contribution in [1.82, 2.24) is 10.2 Å². The molecule has 0 aromatic heterocycles. The SMILES string of the molecule is CCNC1CCN(C(C)C(=O)OC)C1=O. The number of methoxy groups -OCH3 is 1. The molecule has 86 valence electrons. The first-order valence-electron chi connectivity index (χ1n) is 5.23. The molecule has 0 aliphatic carbocycles.